The van der Waals surface area contributed by atoms with Gasteiger partial charge in [0.25, 0.3) is 0 Å². The molecule has 0 aliphatic heterocycles. The molecule has 90 valence electrons. The van der Waals surface area contributed by atoms with Crippen LogP contribution in [0.15, 0.2) is 21.3 Å². The molecule has 0 unspecified atom stereocenters. The number of methoxy groups -OCH3 is 1. The number of anilines is 1. The standard InChI is InChI=1S/C10H7BrF2N2O2/c1-16-9-4(5-3-15-17-10(5)14)2-6(11)7(12)8(9)13/h2-3H,14H2,1H3. The minimum absolute atomic E-state index is 0.00112. The third kappa shape index (κ3) is 1.86. The highest BCUT2D eigenvalue weighted by Gasteiger charge is 2.21. The van der Waals surface area contributed by atoms with Crippen LogP contribution in [-0.2, 0) is 0 Å². The van der Waals surface area contributed by atoms with E-state index in [2.05, 4.69) is 25.6 Å². The molecule has 0 fully saturated rings. The van der Waals surface area contributed by atoms with Crippen molar-refractivity contribution in [3.63, 3.8) is 0 Å². The van der Waals surface area contributed by atoms with Crippen molar-refractivity contribution in [3.05, 3.63) is 28.4 Å². The van der Waals surface area contributed by atoms with E-state index in [0.717, 1.165) is 0 Å². The van der Waals surface area contributed by atoms with Crippen molar-refractivity contribution in [3.8, 4) is 16.9 Å². The van der Waals surface area contributed by atoms with E-state index in [1.165, 1.54) is 19.4 Å². The molecule has 0 aliphatic rings. The molecular weight excluding hydrogens is 298 g/mol. The molecule has 2 rings (SSSR count). The molecule has 0 bridgehead atoms. The van der Waals surface area contributed by atoms with Crippen LogP contribution in [0.2, 0.25) is 0 Å². The largest absolute Gasteiger partial charge is 0.493 e. The third-order valence-corrected chi connectivity index (χ3v) is 2.79. The highest BCUT2D eigenvalue weighted by molar-refractivity contribution is 9.10. The van der Waals surface area contributed by atoms with Gasteiger partial charge in [-0.3, -0.25) is 0 Å². The van der Waals surface area contributed by atoms with Gasteiger partial charge in [0.15, 0.2) is 11.6 Å². The van der Waals surface area contributed by atoms with Gasteiger partial charge in [0.05, 0.1) is 23.3 Å². The van der Waals surface area contributed by atoms with E-state index in [-0.39, 0.29) is 21.7 Å². The van der Waals surface area contributed by atoms with Gasteiger partial charge < -0.3 is 15.0 Å². The Hall–Kier alpha value is -1.63. The lowest BCUT2D eigenvalue weighted by atomic mass is 10.1. The minimum Gasteiger partial charge on any atom is -0.493 e. The van der Waals surface area contributed by atoms with Crippen molar-refractivity contribution in [1.82, 2.24) is 5.16 Å². The van der Waals surface area contributed by atoms with Crippen LogP contribution in [0.5, 0.6) is 5.75 Å². The quantitative estimate of drug-likeness (QED) is 0.867. The average molecular weight is 305 g/mol. The zero-order valence-electron chi connectivity index (χ0n) is 8.63. The second kappa shape index (κ2) is 4.33. The molecule has 7 heteroatoms. The van der Waals surface area contributed by atoms with Crippen molar-refractivity contribution in [2.75, 3.05) is 12.8 Å². The van der Waals surface area contributed by atoms with Gasteiger partial charge in [0, 0.05) is 5.56 Å². The lowest BCUT2D eigenvalue weighted by Gasteiger charge is -2.10. The van der Waals surface area contributed by atoms with Gasteiger partial charge in [-0.15, -0.1) is 0 Å². The first-order valence-corrected chi connectivity index (χ1v) is 5.27. The highest BCUT2D eigenvalue weighted by Crippen LogP contribution is 2.39. The van der Waals surface area contributed by atoms with Crippen molar-refractivity contribution < 1.29 is 18.0 Å². The van der Waals surface area contributed by atoms with Gasteiger partial charge in [0.1, 0.15) is 0 Å². The summed E-state index contributed by atoms with van der Waals surface area (Å²) in [5, 5.41) is 3.47. The van der Waals surface area contributed by atoms with E-state index in [9.17, 15) is 8.78 Å². The lowest BCUT2D eigenvalue weighted by molar-refractivity contribution is 0.372. The van der Waals surface area contributed by atoms with E-state index in [0.29, 0.717) is 5.56 Å². The molecule has 0 amide bonds. The summed E-state index contributed by atoms with van der Waals surface area (Å²) in [6.45, 7) is 0. The Kier molecular flexibility index (Phi) is 3.01. The molecule has 0 saturated heterocycles. The molecule has 1 aromatic carbocycles. The number of hydrogen-bond donors (Lipinski definition) is 1. The van der Waals surface area contributed by atoms with Crippen LogP contribution in [-0.4, -0.2) is 12.3 Å². The Labute approximate surface area is 103 Å². The summed E-state index contributed by atoms with van der Waals surface area (Å²) in [4.78, 5) is 0. The van der Waals surface area contributed by atoms with Gasteiger partial charge in [-0.1, -0.05) is 5.16 Å². The predicted octanol–water partition coefficient (Wildman–Crippen LogP) is 2.97. The average Bonchev–Trinajstić information content (AvgIpc) is 2.72. The maximum Gasteiger partial charge on any atom is 0.230 e. The normalized spacial score (nSPS) is 10.6. The highest BCUT2D eigenvalue weighted by atomic mass is 79.9. The number of benzene rings is 1. The summed E-state index contributed by atoms with van der Waals surface area (Å²) < 4.78 is 36.4. The van der Waals surface area contributed by atoms with Gasteiger partial charge in [0.2, 0.25) is 11.7 Å². The molecular formula is C10H7BrF2N2O2. The molecule has 0 radical (unpaired) electrons. The van der Waals surface area contributed by atoms with Gasteiger partial charge in [-0.05, 0) is 22.0 Å². The molecule has 4 nitrogen and oxygen atoms in total. The first-order chi connectivity index (χ1) is 8.06. The Bertz CT molecular complexity index is 572. The molecule has 0 saturated carbocycles. The van der Waals surface area contributed by atoms with E-state index in [1.54, 1.807) is 0 Å². The topological polar surface area (TPSA) is 61.3 Å². The van der Waals surface area contributed by atoms with E-state index < -0.39 is 11.6 Å². The third-order valence-electron chi connectivity index (χ3n) is 2.21. The maximum absolute atomic E-state index is 13.6. The van der Waals surface area contributed by atoms with Crippen LogP contribution in [0.1, 0.15) is 0 Å². The van der Waals surface area contributed by atoms with E-state index in [4.69, 9.17) is 10.5 Å². The second-order valence-corrected chi connectivity index (χ2v) is 4.03. The molecule has 2 aromatic rings. The van der Waals surface area contributed by atoms with Crippen molar-refractivity contribution >= 4 is 21.8 Å². The first-order valence-electron chi connectivity index (χ1n) is 4.48. The van der Waals surface area contributed by atoms with Crippen molar-refractivity contribution in [2.24, 2.45) is 0 Å². The van der Waals surface area contributed by atoms with Gasteiger partial charge >= 0.3 is 0 Å². The molecule has 0 atom stereocenters. The molecule has 0 spiro atoms. The monoisotopic (exact) mass is 304 g/mol. The summed E-state index contributed by atoms with van der Waals surface area (Å²) in [6, 6.07) is 1.35. The van der Waals surface area contributed by atoms with Crippen LogP contribution >= 0.6 is 15.9 Å². The zero-order valence-corrected chi connectivity index (χ0v) is 10.2. The fourth-order valence-electron chi connectivity index (χ4n) is 1.43. The SMILES string of the molecule is COc1c(-c2cnoc2N)cc(Br)c(F)c1F. The zero-order chi connectivity index (χ0) is 12.6. The van der Waals surface area contributed by atoms with Crippen LogP contribution in [0.25, 0.3) is 11.1 Å². The molecule has 1 aromatic heterocycles. The second-order valence-electron chi connectivity index (χ2n) is 3.17. The maximum atomic E-state index is 13.6. The van der Waals surface area contributed by atoms with Crippen LogP contribution in [0.4, 0.5) is 14.7 Å². The Morgan fingerprint density at radius 2 is 2.06 bits per heavy atom. The lowest BCUT2D eigenvalue weighted by Crippen LogP contribution is -1.97. The summed E-state index contributed by atoms with van der Waals surface area (Å²) in [5.74, 6) is -2.38. The molecule has 2 N–H and O–H groups in total. The number of nitrogens with two attached hydrogens (primary N) is 1. The summed E-state index contributed by atoms with van der Waals surface area (Å²) in [7, 11) is 1.24. The smallest absolute Gasteiger partial charge is 0.230 e. The number of rotatable bonds is 2. The minimum atomic E-state index is -1.10. The molecule has 0 aliphatic carbocycles. The predicted molar refractivity (Wildman–Crippen MR) is 60.5 cm³/mol. The van der Waals surface area contributed by atoms with Crippen LogP contribution < -0.4 is 10.5 Å². The van der Waals surface area contributed by atoms with Crippen molar-refractivity contribution in [1.29, 1.82) is 0 Å². The number of hydrogen-bond acceptors (Lipinski definition) is 4. The van der Waals surface area contributed by atoms with Crippen LogP contribution in [0.3, 0.4) is 0 Å². The number of halogens is 3. The fraction of sp³-hybridized carbons (Fsp3) is 0.100. The first kappa shape index (κ1) is 11.8. The number of nitrogen functional groups attached to an aromatic ring is 1. The van der Waals surface area contributed by atoms with E-state index in [1.807, 2.05) is 0 Å². The van der Waals surface area contributed by atoms with Gasteiger partial charge in [-0.2, -0.15) is 4.39 Å². The molecule has 1 heterocycles. The Balaban J connectivity index is 2.74. The van der Waals surface area contributed by atoms with E-state index >= 15 is 0 Å². The van der Waals surface area contributed by atoms with Gasteiger partial charge in [-0.25, -0.2) is 4.39 Å². The summed E-state index contributed by atoms with van der Waals surface area (Å²) in [5.41, 5.74) is 6.11. The summed E-state index contributed by atoms with van der Waals surface area (Å²) in [6.07, 6.45) is 1.30. The summed E-state index contributed by atoms with van der Waals surface area (Å²) >= 11 is 2.91. The number of nitrogens with zero attached hydrogens (tertiary/aromatic N) is 1. The van der Waals surface area contributed by atoms with Crippen LogP contribution in [0, 0.1) is 11.6 Å². The Morgan fingerprint density at radius 3 is 2.59 bits per heavy atom. The van der Waals surface area contributed by atoms with Crippen molar-refractivity contribution in [2.45, 2.75) is 0 Å². The molecule has 17 heavy (non-hydrogen) atoms. The number of ether oxygens (including phenoxy) is 1. The fourth-order valence-corrected chi connectivity index (χ4v) is 1.83. The number of aromatic nitrogens is 1. The Morgan fingerprint density at radius 1 is 1.35 bits per heavy atom.